The molecule has 8 amide bonds. The van der Waals surface area contributed by atoms with Crippen molar-refractivity contribution in [1.29, 1.82) is 0 Å². The largest absolute Gasteiger partial charge is 0.679 e. The summed E-state index contributed by atoms with van der Waals surface area (Å²) in [6.07, 6.45) is 5.62. The SMILES string of the molecule is CCC.CCC(C)C(C(CC(=O)N1CCCC1C(OC)C(C)C)OC)N(C)C(=O)CNC(=O)C(C(C)C)N(C)C.CNCC(=O)NCC(=O)NCC(=O)NCC(=O)Nc1ccc(CC(CN)NC=O)cc1.O=CC[N-]c1ccc2nc(CBr)c(CBr)nc2c1.[W]. The number of carbonyl (C=O) groups excluding carboxylic acids is 9. The maximum atomic E-state index is 13.5. The van der Waals surface area contributed by atoms with E-state index < -0.39 is 23.8 Å². The number of nitrogens with one attached hydrogen (secondary N) is 7. The number of hydrogen-bond acceptors (Lipinski definition) is 16. The van der Waals surface area contributed by atoms with Gasteiger partial charge in [-0.15, -0.1) is 5.69 Å². The molecule has 0 bridgehead atoms. The van der Waals surface area contributed by atoms with Crippen LogP contribution in [0, 0.1) is 17.8 Å². The third-order valence-corrected chi connectivity index (χ3v) is 15.4. The fraction of sp³-hybridized carbons (Fsp3) is 0.629. The van der Waals surface area contributed by atoms with Gasteiger partial charge in [-0.05, 0) is 88.0 Å². The molecule has 1 aromatic heterocycles. The fourth-order valence-corrected chi connectivity index (χ4v) is 10.8. The number of hydrogen-bond donors (Lipinski definition) is 8. The number of fused-ring (bicyclic) bond motifs is 1. The van der Waals surface area contributed by atoms with Crippen LogP contribution >= 0.6 is 31.9 Å². The standard InChI is InChI=1S/C28H54N4O5.C19H29N7O5.C12H10Br2N3O.C3H8.W/c1-12-20(6)26(31(9)24(34)17-29-28(35)25(18(2)3)30(7)8)22(36-10)16-23(33)32-15-13-14-21(32)27(37-11)19(4)5;1-21-8-16(28)22-9-17(29)23-10-18(30)24-11-19(31)26-14-4-2-13(3-5-14)6-15(7-20)25-12-27;13-6-11-12(7-14)17-10-5-8(15-3-4-18)1-2-9(10)16-11;1-3-2;/h18-22,25-27H,12-17H2,1-11H3,(H,29,35);2-5,12,15,21H,6-11,20H2,1H3,(H,22,28)(H,23,29)(H,24,30)(H,25,27)(H,26,31);1-2,4-5H,3,6-7H2;3H2,1-2H3;/q;;-1;;. The molecular weight excluding hydrogens is 1460 g/mol. The van der Waals surface area contributed by atoms with E-state index in [1.54, 1.807) is 57.5 Å². The van der Waals surface area contributed by atoms with Crippen molar-refractivity contribution in [2.24, 2.45) is 23.5 Å². The Hall–Kier alpha value is -5.54. The normalized spacial score (nSPS) is 14.4. The molecule has 0 radical (unpaired) electrons. The zero-order valence-electron chi connectivity index (χ0n) is 55.1. The zero-order chi connectivity index (χ0) is 67.2. The van der Waals surface area contributed by atoms with Gasteiger partial charge in [-0.1, -0.05) is 125 Å². The first kappa shape index (κ1) is 84.5. The quantitative estimate of drug-likeness (QED) is 0.0302. The average Bonchev–Trinajstić information content (AvgIpc) is 2.02. The molecule has 90 heavy (non-hydrogen) atoms. The van der Waals surface area contributed by atoms with E-state index in [9.17, 15) is 43.2 Å². The number of halogens is 2. The summed E-state index contributed by atoms with van der Waals surface area (Å²) in [5.41, 5.74) is 11.3. The van der Waals surface area contributed by atoms with E-state index in [1.807, 2.05) is 55.9 Å². The van der Waals surface area contributed by atoms with Crippen molar-refractivity contribution >= 4 is 108 Å². The van der Waals surface area contributed by atoms with Gasteiger partial charge in [0.05, 0.1) is 91.9 Å². The average molecular weight is 1560 g/mol. The van der Waals surface area contributed by atoms with Crippen LogP contribution in [0.5, 0.6) is 0 Å². The summed E-state index contributed by atoms with van der Waals surface area (Å²) in [5, 5.41) is 23.3. The Kier molecular flexibility index (Phi) is 44.4. The number of anilines is 1. The van der Waals surface area contributed by atoms with Gasteiger partial charge < -0.3 is 72.3 Å². The van der Waals surface area contributed by atoms with Crippen LogP contribution in [-0.4, -0.2) is 210 Å². The summed E-state index contributed by atoms with van der Waals surface area (Å²) < 4.78 is 11.6. The summed E-state index contributed by atoms with van der Waals surface area (Å²) in [5.74, 6) is -1.67. The third-order valence-electron chi connectivity index (χ3n) is 14.3. The van der Waals surface area contributed by atoms with E-state index in [0.29, 0.717) is 48.2 Å². The van der Waals surface area contributed by atoms with Crippen LogP contribution in [0.4, 0.5) is 11.4 Å². The Morgan fingerprint density at radius 2 is 1.34 bits per heavy atom. The zero-order valence-corrected chi connectivity index (χ0v) is 61.2. The molecular formula is C62H101Br2N14O11W-. The maximum Gasteiger partial charge on any atom is 0.243 e. The summed E-state index contributed by atoms with van der Waals surface area (Å²) in [6, 6.07) is 11.8. The molecule has 0 aliphatic carbocycles. The molecule has 7 unspecified atom stereocenters. The topological polar surface area (TPSA) is 332 Å². The number of nitrogens with two attached hydrogens (primary N) is 1. The molecule has 1 aliphatic rings. The van der Waals surface area contributed by atoms with Crippen molar-refractivity contribution < 1.29 is 73.7 Å². The maximum absolute atomic E-state index is 13.5. The second-order valence-electron chi connectivity index (χ2n) is 22.3. The van der Waals surface area contributed by atoms with Crippen molar-refractivity contribution in [2.45, 2.75) is 141 Å². The van der Waals surface area contributed by atoms with Crippen LogP contribution in [0.25, 0.3) is 16.4 Å². The summed E-state index contributed by atoms with van der Waals surface area (Å²) in [7, 11) is 10.4. The second-order valence-corrected chi connectivity index (χ2v) is 23.4. The number of aromatic nitrogens is 2. The van der Waals surface area contributed by atoms with E-state index in [0.717, 1.165) is 59.2 Å². The van der Waals surface area contributed by atoms with Crippen LogP contribution < -0.4 is 43.0 Å². The van der Waals surface area contributed by atoms with E-state index in [2.05, 4.69) is 126 Å². The van der Waals surface area contributed by atoms with Gasteiger partial charge in [-0.3, -0.25) is 43.3 Å². The van der Waals surface area contributed by atoms with Gasteiger partial charge in [-0.25, -0.2) is 9.97 Å². The minimum absolute atomic E-state index is 0. The van der Waals surface area contributed by atoms with Gasteiger partial charge in [0.2, 0.25) is 47.8 Å². The number of benzene rings is 2. The summed E-state index contributed by atoms with van der Waals surface area (Å²) in [4.78, 5) is 121. The number of likely N-dealkylation sites (tertiary alicyclic amines) is 1. The van der Waals surface area contributed by atoms with Crippen molar-refractivity contribution in [3.63, 3.8) is 0 Å². The Balaban J connectivity index is 0.00000134. The number of nitrogens with zero attached hydrogens (tertiary/aromatic N) is 6. The smallest absolute Gasteiger partial charge is 0.243 e. The first-order valence-electron chi connectivity index (χ1n) is 30.2. The number of likely N-dealkylation sites (N-methyl/N-ethyl adjacent to an activating group) is 3. The molecule has 25 nitrogen and oxygen atoms in total. The predicted molar refractivity (Wildman–Crippen MR) is 356 cm³/mol. The van der Waals surface area contributed by atoms with Crippen molar-refractivity contribution in [2.75, 3.05) is 100 Å². The van der Waals surface area contributed by atoms with Crippen LogP contribution in [-0.2, 0) is 90.8 Å². The molecule has 2 aromatic carbocycles. The first-order valence-corrected chi connectivity index (χ1v) is 32.4. The molecule has 2 heterocycles. The molecule has 3 aromatic rings. The molecule has 0 spiro atoms. The molecule has 0 saturated carbocycles. The van der Waals surface area contributed by atoms with E-state index in [4.69, 9.17) is 15.2 Å². The number of aldehydes is 1. The Morgan fingerprint density at radius 3 is 1.82 bits per heavy atom. The van der Waals surface area contributed by atoms with Crippen LogP contribution in [0.3, 0.4) is 0 Å². The number of carbonyl (C=O) groups is 9. The molecule has 9 N–H and O–H groups in total. The minimum Gasteiger partial charge on any atom is -0.679 e. The van der Waals surface area contributed by atoms with Gasteiger partial charge in [-0.2, -0.15) is 0 Å². The number of rotatable bonds is 34. The van der Waals surface area contributed by atoms with Crippen molar-refractivity contribution in [3.8, 4) is 0 Å². The number of methoxy groups -OCH3 is 2. The Bertz CT molecular complexity index is 2640. The molecule has 4 rings (SSSR count). The molecule has 7 atom stereocenters. The molecule has 1 fully saturated rings. The molecule has 1 saturated heterocycles. The van der Waals surface area contributed by atoms with Gasteiger partial charge in [0.15, 0.2) is 0 Å². The minimum atomic E-state index is -0.545. The molecule has 28 heteroatoms. The Morgan fingerprint density at radius 1 is 0.778 bits per heavy atom. The molecule has 1 aliphatic heterocycles. The summed E-state index contributed by atoms with van der Waals surface area (Å²) >= 11 is 6.81. The van der Waals surface area contributed by atoms with Crippen molar-refractivity contribution in [3.05, 3.63) is 64.7 Å². The Labute approximate surface area is 564 Å². The van der Waals surface area contributed by atoms with Crippen LogP contribution in [0.1, 0.15) is 104 Å². The molecule has 506 valence electrons. The first-order chi connectivity index (χ1) is 42.4. The van der Waals surface area contributed by atoms with E-state index in [-0.39, 0.29) is 132 Å². The number of ether oxygens (including phenoxy) is 2. The van der Waals surface area contributed by atoms with E-state index >= 15 is 0 Å². The van der Waals surface area contributed by atoms with Gasteiger partial charge in [0, 0.05) is 77.8 Å². The third kappa shape index (κ3) is 30.7. The van der Waals surface area contributed by atoms with Gasteiger partial charge >= 0.3 is 0 Å². The number of alkyl halides is 2. The predicted octanol–water partition coefficient (Wildman–Crippen LogP) is 4.48. The van der Waals surface area contributed by atoms with E-state index in [1.165, 1.54) is 6.42 Å². The van der Waals surface area contributed by atoms with Crippen LogP contribution in [0.2, 0.25) is 0 Å². The number of amides is 8. The van der Waals surface area contributed by atoms with Gasteiger partial charge in [0.1, 0.15) is 6.29 Å². The summed E-state index contributed by atoms with van der Waals surface area (Å²) in [6.45, 7) is 16.9. The van der Waals surface area contributed by atoms with Crippen LogP contribution in [0.15, 0.2) is 42.5 Å². The fourth-order valence-electron chi connectivity index (χ4n) is 9.86. The monoisotopic (exact) mass is 1560 g/mol. The van der Waals surface area contributed by atoms with Gasteiger partial charge in [0.25, 0.3) is 0 Å². The van der Waals surface area contributed by atoms with Crippen molar-refractivity contribution in [1.82, 2.24) is 56.6 Å². The second kappa shape index (κ2) is 47.4.